The lowest BCUT2D eigenvalue weighted by atomic mass is 10.1. The molecule has 1 amide bonds. The van der Waals surface area contributed by atoms with Gasteiger partial charge < -0.3 is 15.2 Å². The first-order valence-electron chi connectivity index (χ1n) is 5.52. The van der Waals surface area contributed by atoms with E-state index in [2.05, 4.69) is 0 Å². The lowest BCUT2D eigenvalue weighted by molar-refractivity contribution is -0.139. The quantitative estimate of drug-likeness (QED) is 0.862. The van der Waals surface area contributed by atoms with Crippen LogP contribution < -0.4 is 10.1 Å². The predicted molar refractivity (Wildman–Crippen MR) is 61.6 cm³/mol. The molecule has 0 aliphatic carbocycles. The molecule has 19 heavy (non-hydrogen) atoms. The van der Waals surface area contributed by atoms with E-state index in [0.717, 1.165) is 0 Å². The summed E-state index contributed by atoms with van der Waals surface area (Å²) < 4.78 is 40.5. The van der Waals surface area contributed by atoms with Crippen LogP contribution in [0, 0.1) is 0 Å². The molecule has 0 saturated carbocycles. The summed E-state index contributed by atoms with van der Waals surface area (Å²) in [6.07, 6.45) is -5.13. The summed E-state index contributed by atoms with van der Waals surface area (Å²) in [5, 5.41) is 11.0. The largest absolute Gasteiger partial charge is 0.484 e. The van der Waals surface area contributed by atoms with Gasteiger partial charge in [0, 0.05) is 0 Å². The summed E-state index contributed by atoms with van der Waals surface area (Å²) in [7, 11) is 0. The van der Waals surface area contributed by atoms with Crippen molar-refractivity contribution in [1.82, 2.24) is 5.32 Å². The number of hydrogen-bond donors (Lipinski definition) is 2. The van der Waals surface area contributed by atoms with Gasteiger partial charge in [-0.25, -0.2) is 0 Å². The first-order valence-corrected chi connectivity index (χ1v) is 5.52. The minimum absolute atomic E-state index is 0.306. The van der Waals surface area contributed by atoms with Crippen molar-refractivity contribution in [2.45, 2.75) is 19.2 Å². The fraction of sp³-hybridized carbons (Fsp3) is 0.417. The highest BCUT2D eigenvalue weighted by Crippen LogP contribution is 2.18. The molecular weight excluding hydrogens is 263 g/mol. The number of hydrogen-bond acceptors (Lipinski definition) is 3. The van der Waals surface area contributed by atoms with Gasteiger partial charge in [-0.05, 0) is 24.6 Å². The number of aliphatic hydroxyl groups excluding tert-OH is 1. The van der Waals surface area contributed by atoms with E-state index < -0.39 is 31.3 Å². The highest BCUT2D eigenvalue weighted by Gasteiger charge is 2.27. The van der Waals surface area contributed by atoms with E-state index >= 15 is 0 Å². The average Bonchev–Trinajstić information content (AvgIpc) is 2.33. The maximum atomic E-state index is 11.8. The van der Waals surface area contributed by atoms with Crippen LogP contribution in [0.3, 0.4) is 0 Å². The summed E-state index contributed by atoms with van der Waals surface area (Å²) in [6.45, 7) is -0.336. The van der Waals surface area contributed by atoms with Crippen molar-refractivity contribution < 1.29 is 27.8 Å². The van der Waals surface area contributed by atoms with Gasteiger partial charge in [-0.2, -0.15) is 13.2 Å². The fourth-order valence-corrected chi connectivity index (χ4v) is 1.26. The molecule has 1 atom stereocenters. The Hall–Kier alpha value is -1.76. The Balaban J connectivity index is 2.44. The molecule has 4 nitrogen and oxygen atoms in total. The molecule has 1 rings (SSSR count). The van der Waals surface area contributed by atoms with Crippen molar-refractivity contribution in [2.24, 2.45) is 0 Å². The zero-order valence-electron chi connectivity index (χ0n) is 10.2. The molecule has 0 aliphatic heterocycles. The molecule has 0 aliphatic rings. The summed E-state index contributed by atoms with van der Waals surface area (Å²) in [5.41, 5.74) is 0.591. The van der Waals surface area contributed by atoms with Crippen molar-refractivity contribution >= 4 is 5.91 Å². The molecule has 7 heteroatoms. The molecule has 0 saturated heterocycles. The summed E-state index contributed by atoms with van der Waals surface area (Å²) in [4.78, 5) is 11.1. The van der Waals surface area contributed by atoms with Crippen molar-refractivity contribution in [3.05, 3.63) is 29.8 Å². The number of rotatable bonds is 5. The number of carbonyl (C=O) groups excluding carboxylic acids is 1. The zero-order chi connectivity index (χ0) is 14.5. The second-order valence-electron chi connectivity index (χ2n) is 3.93. The first-order chi connectivity index (χ1) is 8.78. The molecule has 0 heterocycles. The summed E-state index contributed by atoms with van der Waals surface area (Å²) in [6, 6.07) is 6.34. The fourth-order valence-electron chi connectivity index (χ4n) is 1.26. The minimum atomic E-state index is -4.44. The average molecular weight is 277 g/mol. The SMILES string of the molecule is C[C@H](O)c1cccc(OCC(=O)NCC(F)(F)F)c1. The Bertz CT molecular complexity index is 432. The number of ether oxygens (including phenoxy) is 1. The monoisotopic (exact) mass is 277 g/mol. The van der Waals surface area contributed by atoms with Crippen LogP contribution in [0.1, 0.15) is 18.6 Å². The maximum Gasteiger partial charge on any atom is 0.405 e. The highest BCUT2D eigenvalue weighted by atomic mass is 19.4. The van der Waals surface area contributed by atoms with E-state index in [-0.39, 0.29) is 0 Å². The molecule has 0 aromatic heterocycles. The van der Waals surface area contributed by atoms with Gasteiger partial charge in [0.15, 0.2) is 6.61 Å². The van der Waals surface area contributed by atoms with Crippen LogP contribution in [0.15, 0.2) is 24.3 Å². The third-order valence-corrected chi connectivity index (χ3v) is 2.20. The smallest absolute Gasteiger partial charge is 0.405 e. The second-order valence-corrected chi connectivity index (χ2v) is 3.93. The molecule has 0 spiro atoms. The Morgan fingerprint density at radius 2 is 2.16 bits per heavy atom. The van der Waals surface area contributed by atoms with E-state index in [1.807, 2.05) is 0 Å². The van der Waals surface area contributed by atoms with E-state index in [1.165, 1.54) is 6.07 Å². The van der Waals surface area contributed by atoms with Crippen LogP contribution >= 0.6 is 0 Å². The van der Waals surface area contributed by atoms with Crippen LogP contribution in [0.4, 0.5) is 13.2 Å². The molecule has 2 N–H and O–H groups in total. The van der Waals surface area contributed by atoms with Gasteiger partial charge in [0.25, 0.3) is 5.91 Å². The normalized spacial score (nSPS) is 12.9. The van der Waals surface area contributed by atoms with Crippen LogP contribution in [-0.4, -0.2) is 30.3 Å². The second kappa shape index (κ2) is 6.42. The maximum absolute atomic E-state index is 11.8. The van der Waals surface area contributed by atoms with Crippen molar-refractivity contribution in [3.8, 4) is 5.75 Å². The number of alkyl halides is 3. The van der Waals surface area contributed by atoms with Gasteiger partial charge in [0.05, 0.1) is 6.10 Å². The molecule has 1 aromatic carbocycles. The van der Waals surface area contributed by atoms with Gasteiger partial charge in [0.2, 0.25) is 0 Å². The summed E-state index contributed by atoms with van der Waals surface area (Å²) in [5.74, 6) is -0.555. The van der Waals surface area contributed by atoms with Crippen LogP contribution in [0.25, 0.3) is 0 Å². The number of halogens is 3. The standard InChI is InChI=1S/C12H14F3NO3/c1-8(17)9-3-2-4-10(5-9)19-6-11(18)16-7-12(13,14)15/h2-5,8,17H,6-7H2,1H3,(H,16,18)/t8-/m0/s1. The topological polar surface area (TPSA) is 58.6 Å². The van der Waals surface area contributed by atoms with Crippen LogP contribution in [0.5, 0.6) is 5.75 Å². The van der Waals surface area contributed by atoms with Crippen molar-refractivity contribution in [1.29, 1.82) is 0 Å². The molecule has 0 bridgehead atoms. The Morgan fingerprint density at radius 3 is 2.74 bits per heavy atom. The van der Waals surface area contributed by atoms with Crippen molar-refractivity contribution in [2.75, 3.05) is 13.2 Å². The van der Waals surface area contributed by atoms with E-state index in [1.54, 1.807) is 30.4 Å². The lowest BCUT2D eigenvalue weighted by Gasteiger charge is -2.11. The number of nitrogens with one attached hydrogen (secondary N) is 1. The molecule has 0 unspecified atom stereocenters. The van der Waals surface area contributed by atoms with Gasteiger partial charge in [-0.3, -0.25) is 4.79 Å². The van der Waals surface area contributed by atoms with Gasteiger partial charge in [-0.15, -0.1) is 0 Å². The highest BCUT2D eigenvalue weighted by molar-refractivity contribution is 5.77. The van der Waals surface area contributed by atoms with Crippen LogP contribution in [0.2, 0.25) is 0 Å². The molecular formula is C12H14F3NO3. The zero-order valence-corrected chi connectivity index (χ0v) is 10.2. The Labute approximate surface area is 108 Å². The third kappa shape index (κ3) is 6.10. The number of benzene rings is 1. The number of amides is 1. The lowest BCUT2D eigenvalue weighted by Crippen LogP contribution is -2.36. The first kappa shape index (κ1) is 15.3. The van der Waals surface area contributed by atoms with Gasteiger partial charge >= 0.3 is 6.18 Å². The third-order valence-electron chi connectivity index (χ3n) is 2.20. The van der Waals surface area contributed by atoms with E-state index in [4.69, 9.17) is 4.74 Å². The number of aliphatic hydroxyl groups is 1. The molecule has 1 aromatic rings. The van der Waals surface area contributed by atoms with Gasteiger partial charge in [-0.1, -0.05) is 12.1 Å². The van der Waals surface area contributed by atoms with Crippen molar-refractivity contribution in [3.63, 3.8) is 0 Å². The van der Waals surface area contributed by atoms with E-state index in [0.29, 0.717) is 11.3 Å². The molecule has 106 valence electrons. The van der Waals surface area contributed by atoms with Crippen LogP contribution in [-0.2, 0) is 4.79 Å². The predicted octanol–water partition coefficient (Wildman–Crippen LogP) is 1.80. The Morgan fingerprint density at radius 1 is 1.47 bits per heavy atom. The molecule has 0 fully saturated rings. The molecule has 0 radical (unpaired) electrons. The summed E-state index contributed by atoms with van der Waals surface area (Å²) >= 11 is 0. The van der Waals surface area contributed by atoms with E-state index in [9.17, 15) is 23.1 Å². The Kier molecular flexibility index (Phi) is 5.17. The minimum Gasteiger partial charge on any atom is -0.484 e. The van der Waals surface area contributed by atoms with Gasteiger partial charge in [0.1, 0.15) is 12.3 Å². The number of carbonyl (C=O) groups is 1.